The van der Waals surface area contributed by atoms with E-state index in [0.29, 0.717) is 12.8 Å². The highest BCUT2D eigenvalue weighted by molar-refractivity contribution is 5.09. The molecule has 0 radical (unpaired) electrons. The fourth-order valence-corrected chi connectivity index (χ4v) is 3.46. The number of hydrogen-bond acceptors (Lipinski definition) is 4. The number of aliphatic hydroxyl groups is 3. The van der Waals surface area contributed by atoms with Crippen LogP contribution in [0, 0.1) is 11.8 Å². The zero-order chi connectivity index (χ0) is 14.8. The van der Waals surface area contributed by atoms with Crippen molar-refractivity contribution in [3.05, 3.63) is 12.2 Å². The molecule has 20 heavy (non-hydrogen) atoms. The van der Waals surface area contributed by atoms with E-state index in [1.807, 2.05) is 19.1 Å². The lowest BCUT2D eigenvalue weighted by atomic mass is 9.89. The molecule has 3 N–H and O–H groups in total. The van der Waals surface area contributed by atoms with Crippen LogP contribution in [0.25, 0.3) is 0 Å². The monoisotopic (exact) mass is 284 g/mol. The van der Waals surface area contributed by atoms with Crippen molar-refractivity contribution in [3.8, 4) is 0 Å². The summed E-state index contributed by atoms with van der Waals surface area (Å²) >= 11 is 0. The number of rotatable bonds is 6. The van der Waals surface area contributed by atoms with E-state index in [4.69, 9.17) is 4.74 Å². The van der Waals surface area contributed by atoms with E-state index in [0.717, 1.165) is 25.7 Å². The number of ether oxygens (including phenoxy) is 1. The minimum atomic E-state index is -0.814. The molecule has 4 nitrogen and oxygen atoms in total. The Kier molecular flexibility index (Phi) is 5.24. The van der Waals surface area contributed by atoms with E-state index in [1.165, 1.54) is 0 Å². The maximum Gasteiger partial charge on any atom is 0.155 e. The van der Waals surface area contributed by atoms with Crippen LogP contribution in [0.3, 0.4) is 0 Å². The molecular formula is C16H28O4. The van der Waals surface area contributed by atoms with Gasteiger partial charge in [0, 0.05) is 18.8 Å². The molecular weight excluding hydrogens is 256 g/mol. The van der Waals surface area contributed by atoms with Gasteiger partial charge in [0.15, 0.2) is 6.29 Å². The maximum absolute atomic E-state index is 10.3. The van der Waals surface area contributed by atoms with Crippen molar-refractivity contribution in [3.63, 3.8) is 0 Å². The van der Waals surface area contributed by atoms with Crippen molar-refractivity contribution in [1.29, 1.82) is 0 Å². The van der Waals surface area contributed by atoms with Gasteiger partial charge in [0.05, 0.1) is 17.8 Å². The molecule has 6 atom stereocenters. The van der Waals surface area contributed by atoms with Gasteiger partial charge in [0.25, 0.3) is 0 Å². The van der Waals surface area contributed by atoms with E-state index < -0.39 is 18.0 Å². The van der Waals surface area contributed by atoms with Crippen LogP contribution in [-0.4, -0.2) is 39.4 Å². The standard InChI is InChI=1S/C16H28O4/c1-3-4-5-7-16(2,19)8-6-11-12-9-15(18)20-14(12)10-13(11)17/h6,8,11-15,17-19H,3-5,7,9-10H2,1-2H3/b8-6+/t11-,12-,13-,14+,15+,16+/m1/s1. The molecule has 1 saturated heterocycles. The van der Waals surface area contributed by atoms with Crippen molar-refractivity contribution >= 4 is 0 Å². The van der Waals surface area contributed by atoms with Gasteiger partial charge in [-0.3, -0.25) is 0 Å². The Labute approximate surface area is 121 Å². The first-order chi connectivity index (χ1) is 9.43. The predicted octanol–water partition coefficient (Wildman–Crippen LogP) is 1.98. The predicted molar refractivity (Wildman–Crippen MR) is 77.0 cm³/mol. The molecule has 1 heterocycles. The zero-order valence-electron chi connectivity index (χ0n) is 12.5. The van der Waals surface area contributed by atoms with Crippen molar-refractivity contribution in [2.75, 3.05) is 0 Å². The number of aliphatic hydroxyl groups excluding tert-OH is 2. The summed E-state index contributed by atoms with van der Waals surface area (Å²) in [6.45, 7) is 3.96. The van der Waals surface area contributed by atoms with Crippen LogP contribution in [0.2, 0.25) is 0 Å². The van der Waals surface area contributed by atoms with Gasteiger partial charge in [-0.25, -0.2) is 0 Å². The van der Waals surface area contributed by atoms with Crippen molar-refractivity contribution in [2.24, 2.45) is 11.8 Å². The summed E-state index contributed by atoms with van der Waals surface area (Å²) < 4.78 is 5.40. The molecule has 0 amide bonds. The van der Waals surface area contributed by atoms with Crippen LogP contribution >= 0.6 is 0 Å². The average molecular weight is 284 g/mol. The lowest BCUT2D eigenvalue weighted by molar-refractivity contribution is -0.0949. The molecule has 1 saturated carbocycles. The largest absolute Gasteiger partial charge is 0.392 e. The molecule has 0 spiro atoms. The zero-order valence-corrected chi connectivity index (χ0v) is 12.5. The molecule has 2 aliphatic rings. The lowest BCUT2D eigenvalue weighted by Gasteiger charge is -2.22. The third-order valence-corrected chi connectivity index (χ3v) is 4.66. The molecule has 1 aliphatic carbocycles. The fourth-order valence-electron chi connectivity index (χ4n) is 3.46. The van der Waals surface area contributed by atoms with E-state index in [1.54, 1.807) is 0 Å². The number of hydrogen-bond donors (Lipinski definition) is 3. The smallest absolute Gasteiger partial charge is 0.155 e. The molecule has 0 aromatic carbocycles. The van der Waals surface area contributed by atoms with Crippen molar-refractivity contribution < 1.29 is 20.1 Å². The first-order valence-corrected chi connectivity index (χ1v) is 7.86. The summed E-state index contributed by atoms with van der Waals surface area (Å²) in [7, 11) is 0. The van der Waals surface area contributed by atoms with Gasteiger partial charge in [-0.1, -0.05) is 38.3 Å². The Morgan fingerprint density at radius 2 is 2.00 bits per heavy atom. The SMILES string of the molecule is CCCCC[C@](C)(O)/C=C/[C@@H]1[C@H]2C[C@@H](O)O[C@H]2C[C@H]1O. The Morgan fingerprint density at radius 1 is 1.25 bits per heavy atom. The average Bonchev–Trinajstić information content (AvgIpc) is 2.82. The third kappa shape index (κ3) is 3.82. The first-order valence-electron chi connectivity index (χ1n) is 7.86. The Balaban J connectivity index is 1.92. The van der Waals surface area contributed by atoms with Gasteiger partial charge in [-0.2, -0.15) is 0 Å². The Bertz CT molecular complexity index is 339. The topological polar surface area (TPSA) is 69.9 Å². The van der Waals surface area contributed by atoms with Crippen LogP contribution < -0.4 is 0 Å². The second kappa shape index (κ2) is 6.56. The highest BCUT2D eigenvalue weighted by Crippen LogP contribution is 2.43. The molecule has 116 valence electrons. The number of fused-ring (bicyclic) bond motifs is 1. The van der Waals surface area contributed by atoms with Crippen LogP contribution in [-0.2, 0) is 4.74 Å². The second-order valence-electron chi connectivity index (χ2n) is 6.58. The highest BCUT2D eigenvalue weighted by atomic mass is 16.6. The Morgan fingerprint density at radius 3 is 2.70 bits per heavy atom. The molecule has 4 heteroatoms. The van der Waals surface area contributed by atoms with E-state index in [9.17, 15) is 15.3 Å². The highest BCUT2D eigenvalue weighted by Gasteiger charge is 2.47. The van der Waals surface area contributed by atoms with E-state index in [-0.39, 0.29) is 17.9 Å². The van der Waals surface area contributed by atoms with Gasteiger partial charge in [0.1, 0.15) is 0 Å². The van der Waals surface area contributed by atoms with Crippen molar-refractivity contribution in [1.82, 2.24) is 0 Å². The van der Waals surface area contributed by atoms with Gasteiger partial charge in [-0.05, 0) is 19.3 Å². The molecule has 2 rings (SSSR count). The van der Waals surface area contributed by atoms with Crippen LogP contribution in [0.5, 0.6) is 0 Å². The molecule has 0 unspecified atom stereocenters. The molecule has 0 aromatic heterocycles. The molecule has 0 bridgehead atoms. The van der Waals surface area contributed by atoms with Crippen LogP contribution in [0.4, 0.5) is 0 Å². The minimum absolute atomic E-state index is 0.0187. The van der Waals surface area contributed by atoms with E-state index in [2.05, 4.69) is 6.92 Å². The van der Waals surface area contributed by atoms with Gasteiger partial charge < -0.3 is 20.1 Å². The number of unbranched alkanes of at least 4 members (excludes halogenated alkanes) is 2. The van der Waals surface area contributed by atoms with E-state index >= 15 is 0 Å². The summed E-state index contributed by atoms with van der Waals surface area (Å²) in [5.74, 6) is 0.150. The van der Waals surface area contributed by atoms with Gasteiger partial charge in [0.2, 0.25) is 0 Å². The summed E-state index contributed by atoms with van der Waals surface area (Å²) in [6.07, 6.45) is 7.76. The van der Waals surface area contributed by atoms with Crippen LogP contribution in [0.1, 0.15) is 52.4 Å². The third-order valence-electron chi connectivity index (χ3n) is 4.66. The fraction of sp³-hybridized carbons (Fsp3) is 0.875. The lowest BCUT2D eigenvalue weighted by Crippen LogP contribution is -2.23. The minimum Gasteiger partial charge on any atom is -0.392 e. The van der Waals surface area contributed by atoms with Crippen LogP contribution in [0.15, 0.2) is 12.2 Å². The second-order valence-corrected chi connectivity index (χ2v) is 6.58. The molecule has 0 aromatic rings. The maximum atomic E-state index is 10.3. The quantitative estimate of drug-likeness (QED) is 0.515. The molecule has 1 aliphatic heterocycles. The van der Waals surface area contributed by atoms with Crippen molar-refractivity contribution in [2.45, 2.75) is 76.5 Å². The summed E-state index contributed by atoms with van der Waals surface area (Å²) in [5.41, 5.74) is -0.814. The first kappa shape index (κ1) is 16.0. The summed E-state index contributed by atoms with van der Waals surface area (Å²) in [6, 6.07) is 0. The van der Waals surface area contributed by atoms with Gasteiger partial charge >= 0.3 is 0 Å². The molecule has 2 fully saturated rings. The normalized spacial score (nSPS) is 40.1. The Hall–Kier alpha value is -0.420. The summed E-state index contributed by atoms with van der Waals surface area (Å²) in [4.78, 5) is 0. The van der Waals surface area contributed by atoms with Gasteiger partial charge in [-0.15, -0.1) is 0 Å². The summed E-state index contributed by atoms with van der Waals surface area (Å²) in [5, 5.41) is 30.0.